The highest BCUT2D eigenvalue weighted by molar-refractivity contribution is 5.91. The summed E-state index contributed by atoms with van der Waals surface area (Å²) >= 11 is 0. The Balaban J connectivity index is 2.78. The Morgan fingerprint density at radius 2 is 1.86 bits per heavy atom. The van der Waals surface area contributed by atoms with Gasteiger partial charge in [0.1, 0.15) is 5.69 Å². The van der Waals surface area contributed by atoms with E-state index in [0.29, 0.717) is 24.2 Å². The predicted octanol–water partition coefficient (Wildman–Crippen LogP) is 1.71. The molecule has 2 N–H and O–H groups in total. The molecule has 0 aromatic carbocycles. The SMILES string of the molecule is CCN(CC)C(=O)COC(=O)c1[nH]c(C)c([C@H](C)O)c1C. The molecule has 6 heteroatoms. The predicted molar refractivity (Wildman–Crippen MR) is 79.1 cm³/mol. The molecule has 21 heavy (non-hydrogen) atoms. The van der Waals surface area contributed by atoms with Gasteiger partial charge in [0.2, 0.25) is 0 Å². The van der Waals surface area contributed by atoms with E-state index in [1.54, 1.807) is 25.7 Å². The minimum atomic E-state index is -0.667. The largest absolute Gasteiger partial charge is 0.451 e. The third-order valence-electron chi connectivity index (χ3n) is 3.56. The summed E-state index contributed by atoms with van der Waals surface area (Å²) < 4.78 is 5.06. The Hall–Kier alpha value is -1.82. The van der Waals surface area contributed by atoms with Crippen molar-refractivity contribution >= 4 is 11.9 Å². The van der Waals surface area contributed by atoms with Crippen molar-refractivity contribution in [1.29, 1.82) is 0 Å². The van der Waals surface area contributed by atoms with Crippen molar-refractivity contribution in [1.82, 2.24) is 9.88 Å². The Labute approximate surface area is 125 Å². The molecule has 1 aromatic rings. The molecule has 118 valence electrons. The van der Waals surface area contributed by atoms with E-state index in [0.717, 1.165) is 5.69 Å². The van der Waals surface area contributed by atoms with Crippen LogP contribution in [0.4, 0.5) is 0 Å². The topological polar surface area (TPSA) is 82.6 Å². The van der Waals surface area contributed by atoms with Crippen LogP contribution in [-0.2, 0) is 9.53 Å². The van der Waals surface area contributed by atoms with E-state index in [4.69, 9.17) is 4.74 Å². The molecule has 0 aliphatic heterocycles. The van der Waals surface area contributed by atoms with E-state index in [1.165, 1.54) is 0 Å². The number of aryl methyl sites for hydroxylation is 1. The number of carbonyl (C=O) groups excluding carboxylic acids is 2. The van der Waals surface area contributed by atoms with Crippen molar-refractivity contribution < 1.29 is 19.4 Å². The fourth-order valence-corrected chi connectivity index (χ4v) is 2.46. The van der Waals surface area contributed by atoms with Gasteiger partial charge in [-0.25, -0.2) is 4.79 Å². The normalized spacial score (nSPS) is 12.1. The van der Waals surface area contributed by atoms with Crippen molar-refractivity contribution in [3.05, 3.63) is 22.5 Å². The molecule has 0 spiro atoms. The van der Waals surface area contributed by atoms with E-state index in [2.05, 4.69) is 4.98 Å². The van der Waals surface area contributed by atoms with Crippen molar-refractivity contribution in [2.45, 2.75) is 40.7 Å². The van der Waals surface area contributed by atoms with Crippen LogP contribution < -0.4 is 0 Å². The minimum absolute atomic E-state index is 0.218. The van der Waals surface area contributed by atoms with E-state index in [-0.39, 0.29) is 18.2 Å². The summed E-state index contributed by atoms with van der Waals surface area (Å²) in [4.78, 5) is 28.4. The highest BCUT2D eigenvalue weighted by Crippen LogP contribution is 2.24. The van der Waals surface area contributed by atoms with E-state index in [1.807, 2.05) is 13.8 Å². The van der Waals surface area contributed by atoms with Crippen molar-refractivity contribution in [3.63, 3.8) is 0 Å². The van der Waals surface area contributed by atoms with Crippen molar-refractivity contribution in [3.8, 4) is 0 Å². The fourth-order valence-electron chi connectivity index (χ4n) is 2.46. The zero-order chi connectivity index (χ0) is 16.2. The summed E-state index contributed by atoms with van der Waals surface area (Å²) in [7, 11) is 0. The first-order chi connectivity index (χ1) is 9.83. The lowest BCUT2D eigenvalue weighted by Gasteiger charge is -2.18. The van der Waals surface area contributed by atoms with Crippen LogP contribution in [0.3, 0.4) is 0 Å². The molecule has 0 unspecified atom stereocenters. The Bertz CT molecular complexity index is 516. The fraction of sp³-hybridized carbons (Fsp3) is 0.600. The molecule has 6 nitrogen and oxygen atoms in total. The third-order valence-corrected chi connectivity index (χ3v) is 3.56. The molecule has 0 aliphatic carbocycles. The highest BCUT2D eigenvalue weighted by atomic mass is 16.5. The van der Waals surface area contributed by atoms with Crippen LogP contribution >= 0.6 is 0 Å². The van der Waals surface area contributed by atoms with Gasteiger partial charge >= 0.3 is 5.97 Å². The van der Waals surface area contributed by atoms with Gasteiger partial charge in [0, 0.05) is 24.3 Å². The number of ether oxygens (including phenoxy) is 1. The molecule has 0 bridgehead atoms. The lowest BCUT2D eigenvalue weighted by Crippen LogP contribution is -2.34. The second-order valence-corrected chi connectivity index (χ2v) is 4.98. The summed E-state index contributed by atoms with van der Waals surface area (Å²) in [5.41, 5.74) is 2.36. The Morgan fingerprint density at radius 3 is 2.29 bits per heavy atom. The second-order valence-electron chi connectivity index (χ2n) is 4.98. The molecular weight excluding hydrogens is 272 g/mol. The van der Waals surface area contributed by atoms with E-state index in [9.17, 15) is 14.7 Å². The van der Waals surface area contributed by atoms with Crippen LogP contribution in [0.2, 0.25) is 0 Å². The quantitative estimate of drug-likeness (QED) is 0.783. The number of aliphatic hydroxyl groups is 1. The number of hydrogen-bond acceptors (Lipinski definition) is 4. The number of rotatable bonds is 6. The number of likely N-dealkylation sites (N-methyl/N-ethyl adjacent to an activating group) is 1. The summed E-state index contributed by atoms with van der Waals surface area (Å²) in [5.74, 6) is -0.798. The number of nitrogens with zero attached hydrogens (tertiary/aromatic N) is 1. The maximum absolute atomic E-state index is 12.1. The van der Waals surface area contributed by atoms with Gasteiger partial charge in [0.15, 0.2) is 6.61 Å². The first-order valence-corrected chi connectivity index (χ1v) is 7.15. The third kappa shape index (κ3) is 3.85. The number of carbonyl (C=O) groups is 2. The maximum Gasteiger partial charge on any atom is 0.355 e. The Morgan fingerprint density at radius 1 is 1.29 bits per heavy atom. The monoisotopic (exact) mass is 296 g/mol. The first-order valence-electron chi connectivity index (χ1n) is 7.15. The lowest BCUT2D eigenvalue weighted by molar-refractivity contribution is -0.134. The van der Waals surface area contributed by atoms with Crippen LogP contribution in [0.5, 0.6) is 0 Å². The van der Waals surface area contributed by atoms with Crippen molar-refractivity contribution in [2.24, 2.45) is 0 Å². The molecule has 0 radical (unpaired) electrons. The van der Waals surface area contributed by atoms with Gasteiger partial charge in [-0.15, -0.1) is 0 Å². The maximum atomic E-state index is 12.1. The molecule has 1 amide bonds. The molecule has 1 heterocycles. The number of esters is 1. The average Bonchev–Trinajstić information content (AvgIpc) is 2.72. The molecule has 0 saturated heterocycles. The molecule has 0 saturated carbocycles. The smallest absolute Gasteiger partial charge is 0.355 e. The van der Waals surface area contributed by atoms with Crippen LogP contribution in [0, 0.1) is 13.8 Å². The number of nitrogens with one attached hydrogen (secondary N) is 1. The number of H-pyrrole nitrogens is 1. The Kier molecular flexibility index (Phi) is 5.96. The molecule has 1 rings (SSSR count). The summed E-state index contributed by atoms with van der Waals surface area (Å²) in [6.07, 6.45) is -0.667. The van der Waals surface area contributed by atoms with Crippen LogP contribution in [0.1, 0.15) is 54.2 Å². The van der Waals surface area contributed by atoms with Gasteiger partial charge in [-0.1, -0.05) is 0 Å². The molecule has 1 aromatic heterocycles. The van der Waals surface area contributed by atoms with Gasteiger partial charge in [0.05, 0.1) is 6.10 Å². The minimum Gasteiger partial charge on any atom is -0.451 e. The van der Waals surface area contributed by atoms with Gasteiger partial charge in [-0.3, -0.25) is 4.79 Å². The standard InChI is InChI=1S/C15H24N2O4/c1-6-17(7-2)12(19)8-21-15(20)14-9(3)13(11(5)18)10(4)16-14/h11,16,18H,6-8H2,1-5H3/t11-/m0/s1. The molecule has 1 atom stereocenters. The highest BCUT2D eigenvalue weighted by Gasteiger charge is 2.22. The zero-order valence-electron chi connectivity index (χ0n) is 13.3. The summed E-state index contributed by atoms with van der Waals surface area (Å²) in [6.45, 7) is 9.80. The number of aromatic nitrogens is 1. The summed E-state index contributed by atoms with van der Waals surface area (Å²) in [6, 6.07) is 0. The summed E-state index contributed by atoms with van der Waals surface area (Å²) in [5, 5.41) is 9.70. The van der Waals surface area contributed by atoms with Gasteiger partial charge in [-0.2, -0.15) is 0 Å². The van der Waals surface area contributed by atoms with Gasteiger partial charge in [0.25, 0.3) is 5.91 Å². The van der Waals surface area contributed by atoms with E-state index >= 15 is 0 Å². The van der Waals surface area contributed by atoms with Crippen LogP contribution in [0.15, 0.2) is 0 Å². The van der Waals surface area contributed by atoms with E-state index < -0.39 is 12.1 Å². The number of aliphatic hydroxyl groups excluding tert-OH is 1. The lowest BCUT2D eigenvalue weighted by atomic mass is 10.1. The zero-order valence-corrected chi connectivity index (χ0v) is 13.3. The van der Waals surface area contributed by atoms with Crippen LogP contribution in [-0.4, -0.2) is 46.6 Å². The van der Waals surface area contributed by atoms with Crippen molar-refractivity contribution in [2.75, 3.05) is 19.7 Å². The number of aromatic amines is 1. The first kappa shape index (κ1) is 17.2. The van der Waals surface area contributed by atoms with Gasteiger partial charge < -0.3 is 19.7 Å². The van der Waals surface area contributed by atoms with Crippen LogP contribution in [0.25, 0.3) is 0 Å². The molecule has 0 aliphatic rings. The average molecular weight is 296 g/mol. The second kappa shape index (κ2) is 7.26. The molecular formula is C15H24N2O4. The molecule has 0 fully saturated rings. The number of hydrogen-bond donors (Lipinski definition) is 2. The van der Waals surface area contributed by atoms with Gasteiger partial charge in [-0.05, 0) is 40.2 Å². The number of amides is 1.